The van der Waals surface area contributed by atoms with Gasteiger partial charge in [-0.1, -0.05) is 12.1 Å². The molecule has 1 atom stereocenters. The fourth-order valence-electron chi connectivity index (χ4n) is 3.14. The van der Waals surface area contributed by atoms with Crippen molar-refractivity contribution >= 4 is 41.7 Å². The summed E-state index contributed by atoms with van der Waals surface area (Å²) in [4.78, 5) is 31.0. The van der Waals surface area contributed by atoms with Gasteiger partial charge in [-0.25, -0.2) is 4.79 Å². The summed E-state index contributed by atoms with van der Waals surface area (Å²) in [6.07, 6.45) is -0.283. The summed E-state index contributed by atoms with van der Waals surface area (Å²) >= 11 is 0. The average molecular weight is 503 g/mol. The third-order valence-corrected chi connectivity index (χ3v) is 4.46. The highest BCUT2D eigenvalue weighted by atomic mass is 127. The number of carbonyl (C=O) groups is 1. The van der Waals surface area contributed by atoms with Crippen LogP contribution < -0.4 is 5.32 Å². The molecule has 1 saturated heterocycles. The number of aliphatic imine (C=N–C) groups is 1. The van der Waals surface area contributed by atoms with E-state index >= 15 is 0 Å². The van der Waals surface area contributed by atoms with Gasteiger partial charge >= 0.3 is 6.09 Å². The second kappa shape index (κ2) is 8.93. The molecule has 154 valence electrons. The number of nitro groups is 1. The van der Waals surface area contributed by atoms with Gasteiger partial charge in [0.15, 0.2) is 5.96 Å². The summed E-state index contributed by atoms with van der Waals surface area (Å²) in [5, 5.41) is 14.0. The van der Waals surface area contributed by atoms with E-state index in [-0.39, 0.29) is 41.8 Å². The zero-order chi connectivity index (χ0) is 19.6. The number of guanidine groups is 1. The van der Waals surface area contributed by atoms with E-state index in [9.17, 15) is 14.9 Å². The first kappa shape index (κ1) is 22.2. The lowest BCUT2D eigenvalue weighted by Crippen LogP contribution is -2.57. The Kier molecular flexibility index (Phi) is 7.07. The van der Waals surface area contributed by atoms with Gasteiger partial charge in [0.05, 0.1) is 17.5 Å². The summed E-state index contributed by atoms with van der Waals surface area (Å²) in [5.41, 5.74) is 0.521. The summed E-state index contributed by atoms with van der Waals surface area (Å²) in [6, 6.07) is 6.61. The molecule has 28 heavy (non-hydrogen) atoms. The highest BCUT2D eigenvalue weighted by molar-refractivity contribution is 14.0. The van der Waals surface area contributed by atoms with Crippen molar-refractivity contribution in [1.29, 1.82) is 0 Å². The van der Waals surface area contributed by atoms with Gasteiger partial charge in [-0.3, -0.25) is 15.1 Å². The van der Waals surface area contributed by atoms with Crippen LogP contribution in [0.15, 0.2) is 29.3 Å². The highest BCUT2D eigenvalue weighted by Crippen LogP contribution is 2.19. The second-order valence-corrected chi connectivity index (χ2v) is 7.71. The molecule has 1 fully saturated rings. The summed E-state index contributed by atoms with van der Waals surface area (Å²) in [6.45, 7) is 8.61. The molecule has 3 rings (SSSR count). The van der Waals surface area contributed by atoms with E-state index in [1.54, 1.807) is 17.0 Å². The topological polar surface area (TPSA) is 100 Å². The largest absolute Gasteiger partial charge is 0.444 e. The number of carbonyl (C=O) groups excluding carboxylic acids is 1. The quantitative estimate of drug-likeness (QED) is 0.387. The van der Waals surface area contributed by atoms with Crippen LogP contribution in [0.4, 0.5) is 10.5 Å². The molecule has 1 unspecified atom stereocenters. The third kappa shape index (κ3) is 5.46. The first-order chi connectivity index (χ1) is 12.7. The standard InChI is InChI=1S/C18H25N5O4.HI/c1-18(2,3)27-17(24)21-8-9-22-15(12-21)11-20-16(22)19-10-13-4-6-14(7-5-13)23(25)26;/h4-7,15H,8-12H2,1-3H3,(H,19,20);1H. The van der Waals surface area contributed by atoms with Gasteiger partial charge in [0.2, 0.25) is 0 Å². The Hall–Kier alpha value is -2.11. The van der Waals surface area contributed by atoms with Crippen LogP contribution >= 0.6 is 24.0 Å². The highest BCUT2D eigenvalue weighted by Gasteiger charge is 2.36. The van der Waals surface area contributed by atoms with Crippen molar-refractivity contribution < 1.29 is 14.5 Å². The van der Waals surface area contributed by atoms with Crippen molar-refractivity contribution in [1.82, 2.24) is 15.1 Å². The number of rotatable bonds is 3. The van der Waals surface area contributed by atoms with Crippen LogP contribution in [0.3, 0.4) is 0 Å². The molecular formula is C18H26IN5O4. The maximum Gasteiger partial charge on any atom is 0.410 e. The number of non-ortho nitro benzene ring substituents is 1. The second-order valence-electron chi connectivity index (χ2n) is 7.71. The van der Waals surface area contributed by atoms with Crippen molar-refractivity contribution in [2.75, 3.05) is 26.2 Å². The van der Waals surface area contributed by atoms with Gasteiger partial charge < -0.3 is 19.9 Å². The van der Waals surface area contributed by atoms with Crippen LogP contribution in [0.25, 0.3) is 0 Å². The van der Waals surface area contributed by atoms with Crippen LogP contribution in [-0.4, -0.2) is 64.6 Å². The number of piperazine rings is 1. The molecular weight excluding hydrogens is 477 g/mol. The zero-order valence-electron chi connectivity index (χ0n) is 16.3. The Morgan fingerprint density at radius 3 is 2.61 bits per heavy atom. The Morgan fingerprint density at radius 1 is 1.32 bits per heavy atom. The molecule has 0 saturated carbocycles. The summed E-state index contributed by atoms with van der Waals surface area (Å²) in [7, 11) is 0. The van der Waals surface area contributed by atoms with E-state index in [0.29, 0.717) is 32.7 Å². The van der Waals surface area contributed by atoms with Gasteiger partial charge in [0, 0.05) is 38.3 Å². The first-order valence-electron chi connectivity index (χ1n) is 8.99. The Bertz CT molecular complexity index is 747. The van der Waals surface area contributed by atoms with E-state index in [1.165, 1.54) is 12.1 Å². The predicted molar refractivity (Wildman–Crippen MR) is 116 cm³/mol. The number of halogens is 1. The van der Waals surface area contributed by atoms with Crippen molar-refractivity contribution in [3.8, 4) is 0 Å². The van der Waals surface area contributed by atoms with Crippen molar-refractivity contribution in [3.63, 3.8) is 0 Å². The Morgan fingerprint density at radius 2 is 2.00 bits per heavy atom. The fraction of sp³-hybridized carbons (Fsp3) is 0.556. The Labute approximate surface area is 181 Å². The number of amides is 1. The molecule has 0 aliphatic carbocycles. The number of ether oxygens (including phenoxy) is 1. The minimum Gasteiger partial charge on any atom is -0.444 e. The lowest BCUT2D eigenvalue weighted by Gasteiger charge is -2.39. The Balaban J connectivity index is 0.00000280. The molecule has 1 aromatic carbocycles. The normalized spacial score (nSPS) is 18.7. The van der Waals surface area contributed by atoms with E-state index in [4.69, 9.17) is 4.74 Å². The maximum atomic E-state index is 12.3. The van der Waals surface area contributed by atoms with Gasteiger partial charge in [-0.15, -0.1) is 24.0 Å². The molecule has 0 aromatic heterocycles. The fourth-order valence-corrected chi connectivity index (χ4v) is 3.14. The molecule has 2 aliphatic rings. The number of hydrogen-bond acceptors (Lipinski definition) is 7. The van der Waals surface area contributed by atoms with Gasteiger partial charge in [0.25, 0.3) is 5.69 Å². The SMILES string of the molecule is CC(C)(C)OC(=O)N1CCN2C(NCc3ccc([N+](=O)[O-])cc3)=NCC2C1.I. The van der Waals surface area contributed by atoms with Crippen LogP contribution in [-0.2, 0) is 11.3 Å². The van der Waals surface area contributed by atoms with Crippen LogP contribution in [0.2, 0.25) is 0 Å². The minimum atomic E-state index is -0.502. The maximum absolute atomic E-state index is 12.3. The smallest absolute Gasteiger partial charge is 0.410 e. The van der Waals surface area contributed by atoms with Crippen LogP contribution in [0.1, 0.15) is 26.3 Å². The molecule has 1 amide bonds. The van der Waals surface area contributed by atoms with Crippen molar-refractivity contribution in [2.24, 2.45) is 4.99 Å². The van der Waals surface area contributed by atoms with E-state index in [1.807, 2.05) is 20.8 Å². The number of nitrogens with zero attached hydrogens (tertiary/aromatic N) is 4. The number of nitro benzene ring substituents is 1. The van der Waals surface area contributed by atoms with Gasteiger partial charge in [-0.2, -0.15) is 0 Å². The van der Waals surface area contributed by atoms with Crippen molar-refractivity contribution in [3.05, 3.63) is 39.9 Å². The molecule has 1 N–H and O–H groups in total. The van der Waals surface area contributed by atoms with E-state index in [2.05, 4.69) is 15.2 Å². The number of fused-ring (bicyclic) bond motifs is 1. The molecule has 2 heterocycles. The van der Waals surface area contributed by atoms with Gasteiger partial charge in [0.1, 0.15) is 5.60 Å². The number of benzene rings is 1. The van der Waals surface area contributed by atoms with E-state index < -0.39 is 10.5 Å². The molecule has 10 heteroatoms. The van der Waals surface area contributed by atoms with Crippen LogP contribution in [0.5, 0.6) is 0 Å². The van der Waals surface area contributed by atoms with E-state index in [0.717, 1.165) is 11.5 Å². The van der Waals surface area contributed by atoms with Crippen LogP contribution in [0, 0.1) is 10.1 Å². The summed E-state index contributed by atoms with van der Waals surface area (Å²) < 4.78 is 5.45. The minimum absolute atomic E-state index is 0. The molecule has 2 aliphatic heterocycles. The van der Waals surface area contributed by atoms with Gasteiger partial charge in [-0.05, 0) is 26.3 Å². The molecule has 1 aromatic rings. The first-order valence-corrected chi connectivity index (χ1v) is 8.99. The summed E-state index contributed by atoms with van der Waals surface area (Å²) in [5.74, 6) is 0.808. The monoisotopic (exact) mass is 503 g/mol. The lowest BCUT2D eigenvalue weighted by atomic mass is 10.2. The van der Waals surface area contributed by atoms with Crippen molar-refractivity contribution in [2.45, 2.75) is 39.0 Å². The molecule has 9 nitrogen and oxygen atoms in total. The number of nitrogens with one attached hydrogen (secondary N) is 1. The zero-order valence-corrected chi connectivity index (χ0v) is 18.6. The lowest BCUT2D eigenvalue weighted by molar-refractivity contribution is -0.384. The third-order valence-electron chi connectivity index (χ3n) is 4.46. The predicted octanol–water partition coefficient (Wildman–Crippen LogP) is 2.59. The molecule has 0 radical (unpaired) electrons. The average Bonchev–Trinajstić information content (AvgIpc) is 3.01. The molecule has 0 spiro atoms. The molecule has 0 bridgehead atoms. The number of hydrogen-bond donors (Lipinski definition) is 1.